The number of nitrogens with zero attached hydrogens (tertiary/aromatic N) is 4. The van der Waals surface area contributed by atoms with Gasteiger partial charge >= 0.3 is 0 Å². The maximum atomic E-state index is 8.89. The fraction of sp³-hybridized carbons (Fsp3) is 0.143. The summed E-state index contributed by atoms with van der Waals surface area (Å²) in [4.78, 5) is 0. The maximum absolute atomic E-state index is 8.89. The van der Waals surface area contributed by atoms with Crippen LogP contribution < -0.4 is 5.32 Å². The SMILES string of the molecule is CC(C#N)c1ccc(NC(C#N)=C(C#N)C#N)cc1. The van der Waals surface area contributed by atoms with Gasteiger partial charge in [0.2, 0.25) is 0 Å². The van der Waals surface area contributed by atoms with Gasteiger partial charge in [-0.15, -0.1) is 0 Å². The van der Waals surface area contributed by atoms with Crippen molar-refractivity contribution in [2.75, 3.05) is 5.32 Å². The molecule has 0 heterocycles. The molecule has 5 heteroatoms. The Hall–Kier alpha value is -3.28. The van der Waals surface area contributed by atoms with Gasteiger partial charge in [0.15, 0.2) is 5.57 Å². The lowest BCUT2D eigenvalue weighted by Crippen LogP contribution is -2.00. The molecule has 0 aliphatic heterocycles. The summed E-state index contributed by atoms with van der Waals surface area (Å²) in [5.74, 6) is -0.214. The number of nitrogens with one attached hydrogen (secondary N) is 1. The van der Waals surface area contributed by atoms with Crippen molar-refractivity contribution < 1.29 is 0 Å². The molecule has 0 spiro atoms. The summed E-state index contributed by atoms with van der Waals surface area (Å²) in [5.41, 5.74) is 1.08. The summed E-state index contributed by atoms with van der Waals surface area (Å²) in [7, 11) is 0. The Kier molecular flexibility index (Phi) is 4.68. The van der Waals surface area contributed by atoms with Crippen molar-refractivity contribution >= 4 is 5.69 Å². The van der Waals surface area contributed by atoms with E-state index in [0.717, 1.165) is 5.56 Å². The minimum Gasteiger partial charge on any atom is -0.345 e. The molecule has 90 valence electrons. The highest BCUT2D eigenvalue weighted by atomic mass is 14.9. The molecule has 0 saturated heterocycles. The van der Waals surface area contributed by atoms with Gasteiger partial charge in [-0.1, -0.05) is 12.1 Å². The molecule has 0 aliphatic carbocycles. The minimum absolute atomic E-state index is 0.0916. The first-order chi connectivity index (χ1) is 9.15. The van der Waals surface area contributed by atoms with Crippen LogP contribution >= 0.6 is 0 Å². The zero-order valence-electron chi connectivity index (χ0n) is 10.2. The molecule has 1 unspecified atom stereocenters. The van der Waals surface area contributed by atoms with Gasteiger partial charge in [0, 0.05) is 5.69 Å². The summed E-state index contributed by atoms with van der Waals surface area (Å²) in [6.45, 7) is 1.78. The van der Waals surface area contributed by atoms with Gasteiger partial charge < -0.3 is 5.32 Å². The molecule has 1 aromatic rings. The van der Waals surface area contributed by atoms with E-state index in [-0.39, 0.29) is 17.2 Å². The summed E-state index contributed by atoms with van der Waals surface area (Å²) >= 11 is 0. The van der Waals surface area contributed by atoms with Gasteiger partial charge in [-0.3, -0.25) is 0 Å². The number of hydrogen-bond donors (Lipinski definition) is 1. The molecule has 5 nitrogen and oxygen atoms in total. The van der Waals surface area contributed by atoms with E-state index in [0.29, 0.717) is 5.69 Å². The van der Waals surface area contributed by atoms with Crippen molar-refractivity contribution in [3.8, 4) is 24.3 Å². The molecule has 1 rings (SSSR count). The number of allylic oxidation sites excluding steroid dienone is 2. The molecule has 0 fully saturated rings. The van der Waals surface area contributed by atoms with Crippen molar-refractivity contribution in [1.82, 2.24) is 0 Å². The van der Waals surface area contributed by atoms with Crippen LogP contribution in [-0.2, 0) is 0 Å². The first kappa shape index (κ1) is 13.8. The fourth-order valence-corrected chi connectivity index (χ4v) is 1.36. The second-order valence-corrected chi connectivity index (χ2v) is 3.68. The Labute approximate surface area is 111 Å². The third-order valence-corrected chi connectivity index (χ3v) is 2.46. The highest BCUT2D eigenvalue weighted by Gasteiger charge is 2.07. The average molecular weight is 247 g/mol. The molecule has 19 heavy (non-hydrogen) atoms. The highest BCUT2D eigenvalue weighted by molar-refractivity contribution is 5.58. The number of rotatable bonds is 3. The van der Waals surface area contributed by atoms with Crippen LogP contribution in [0.25, 0.3) is 0 Å². The predicted molar refractivity (Wildman–Crippen MR) is 68.0 cm³/mol. The molecule has 0 aromatic heterocycles. The molecule has 1 N–H and O–H groups in total. The van der Waals surface area contributed by atoms with E-state index in [1.54, 1.807) is 49.4 Å². The van der Waals surface area contributed by atoms with Gasteiger partial charge in [-0.2, -0.15) is 21.0 Å². The Morgan fingerprint density at radius 1 is 1.00 bits per heavy atom. The van der Waals surface area contributed by atoms with Crippen LogP contribution in [0.3, 0.4) is 0 Å². The molecular formula is C14H9N5. The zero-order chi connectivity index (χ0) is 14.3. The molecular weight excluding hydrogens is 238 g/mol. The van der Waals surface area contributed by atoms with Crippen molar-refractivity contribution in [1.29, 1.82) is 21.0 Å². The summed E-state index contributed by atoms with van der Waals surface area (Å²) in [6, 6.07) is 14.1. The second kappa shape index (κ2) is 6.45. The van der Waals surface area contributed by atoms with E-state index < -0.39 is 0 Å². The first-order valence-corrected chi connectivity index (χ1v) is 5.37. The van der Waals surface area contributed by atoms with Gasteiger partial charge in [0.05, 0.1) is 12.0 Å². The minimum atomic E-state index is -0.267. The van der Waals surface area contributed by atoms with Crippen LogP contribution in [0, 0.1) is 45.3 Å². The summed E-state index contributed by atoms with van der Waals surface area (Å²) in [5, 5.41) is 37.8. The molecule has 0 aliphatic rings. The lowest BCUT2D eigenvalue weighted by atomic mass is 10.0. The highest BCUT2D eigenvalue weighted by Crippen LogP contribution is 2.18. The topological polar surface area (TPSA) is 107 Å². The molecule has 1 atom stereocenters. The van der Waals surface area contributed by atoms with Gasteiger partial charge in [-0.05, 0) is 24.6 Å². The molecule has 0 radical (unpaired) electrons. The zero-order valence-corrected chi connectivity index (χ0v) is 10.2. The van der Waals surface area contributed by atoms with E-state index in [9.17, 15) is 0 Å². The van der Waals surface area contributed by atoms with Gasteiger partial charge in [0.1, 0.15) is 23.9 Å². The normalized spacial score (nSPS) is 9.95. The lowest BCUT2D eigenvalue weighted by Gasteiger charge is -2.07. The van der Waals surface area contributed by atoms with E-state index in [4.69, 9.17) is 21.0 Å². The van der Waals surface area contributed by atoms with Crippen LogP contribution in [0.2, 0.25) is 0 Å². The Morgan fingerprint density at radius 3 is 2.00 bits per heavy atom. The van der Waals surface area contributed by atoms with Crippen LogP contribution in [-0.4, -0.2) is 0 Å². The predicted octanol–water partition coefficient (Wildman–Crippen LogP) is 2.55. The fourth-order valence-electron chi connectivity index (χ4n) is 1.36. The molecule has 0 bridgehead atoms. The first-order valence-electron chi connectivity index (χ1n) is 5.37. The van der Waals surface area contributed by atoms with Crippen LogP contribution in [0.5, 0.6) is 0 Å². The smallest absolute Gasteiger partial charge is 0.163 e. The third-order valence-electron chi connectivity index (χ3n) is 2.46. The number of nitriles is 4. The van der Waals surface area contributed by atoms with E-state index >= 15 is 0 Å². The van der Waals surface area contributed by atoms with E-state index in [1.807, 2.05) is 0 Å². The van der Waals surface area contributed by atoms with Crippen LogP contribution in [0.15, 0.2) is 35.5 Å². The third kappa shape index (κ3) is 3.34. The van der Waals surface area contributed by atoms with E-state index in [2.05, 4.69) is 11.4 Å². The number of hydrogen-bond acceptors (Lipinski definition) is 5. The van der Waals surface area contributed by atoms with Gasteiger partial charge in [0.25, 0.3) is 0 Å². The monoisotopic (exact) mass is 247 g/mol. The van der Waals surface area contributed by atoms with Crippen molar-refractivity contribution in [2.45, 2.75) is 12.8 Å². The Morgan fingerprint density at radius 2 is 1.58 bits per heavy atom. The van der Waals surface area contributed by atoms with Crippen molar-refractivity contribution in [2.24, 2.45) is 0 Å². The second-order valence-electron chi connectivity index (χ2n) is 3.68. The van der Waals surface area contributed by atoms with Crippen LogP contribution in [0.1, 0.15) is 18.4 Å². The summed E-state index contributed by atoms with van der Waals surface area (Å²) < 4.78 is 0. The molecule has 1 aromatic carbocycles. The van der Waals surface area contributed by atoms with E-state index in [1.165, 1.54) is 0 Å². The quantitative estimate of drug-likeness (QED) is 0.826. The molecule has 0 amide bonds. The van der Waals surface area contributed by atoms with Crippen molar-refractivity contribution in [3.63, 3.8) is 0 Å². The van der Waals surface area contributed by atoms with Crippen LogP contribution in [0.4, 0.5) is 5.69 Å². The Bertz CT molecular complexity index is 640. The maximum Gasteiger partial charge on any atom is 0.163 e. The summed E-state index contributed by atoms with van der Waals surface area (Å²) in [6.07, 6.45) is 0. The molecule has 0 saturated carbocycles. The Balaban J connectivity index is 3.01. The van der Waals surface area contributed by atoms with Gasteiger partial charge in [-0.25, -0.2) is 0 Å². The van der Waals surface area contributed by atoms with Crippen molar-refractivity contribution in [3.05, 3.63) is 41.1 Å². The standard InChI is InChI=1S/C14H9N5/c1-10(6-15)11-2-4-13(5-3-11)19-14(9-18)12(7-16)8-17/h2-5,10,19H,1H3. The largest absolute Gasteiger partial charge is 0.345 e. The average Bonchev–Trinajstić information content (AvgIpc) is 2.47. The number of anilines is 1. The number of benzene rings is 1. The lowest BCUT2D eigenvalue weighted by molar-refractivity contribution is 0.982.